The predicted molar refractivity (Wildman–Crippen MR) is 68.8 cm³/mol. The lowest BCUT2D eigenvalue weighted by Crippen LogP contribution is -2.34. The summed E-state index contributed by atoms with van der Waals surface area (Å²) in [5.41, 5.74) is -1.26. The van der Waals surface area contributed by atoms with Gasteiger partial charge in [0, 0.05) is 17.8 Å². The summed E-state index contributed by atoms with van der Waals surface area (Å²) in [6.07, 6.45) is -3.27. The summed E-state index contributed by atoms with van der Waals surface area (Å²) in [7, 11) is -0.732. The second kappa shape index (κ2) is 5.70. The highest BCUT2D eigenvalue weighted by Gasteiger charge is 2.33. The van der Waals surface area contributed by atoms with E-state index in [0.29, 0.717) is 11.6 Å². The molecule has 0 unspecified atom stereocenters. The summed E-state index contributed by atoms with van der Waals surface area (Å²) in [5, 5.41) is 18.1. The van der Waals surface area contributed by atoms with Crippen LogP contribution in [0.15, 0.2) is 30.5 Å². The van der Waals surface area contributed by atoms with Crippen molar-refractivity contribution >= 4 is 12.7 Å². The van der Waals surface area contributed by atoms with Crippen molar-refractivity contribution in [3.05, 3.63) is 36.0 Å². The van der Waals surface area contributed by atoms with Crippen LogP contribution in [0, 0.1) is 0 Å². The minimum atomic E-state index is -4.63. The van der Waals surface area contributed by atoms with Crippen molar-refractivity contribution in [2.75, 3.05) is 7.11 Å². The maximum Gasteiger partial charge on any atom is 0.508 e. The largest absolute Gasteiger partial charge is 0.508 e. The third kappa shape index (κ3) is 3.50. The topological polar surface area (TPSA) is 75.5 Å². The van der Waals surface area contributed by atoms with Gasteiger partial charge < -0.3 is 14.8 Å². The smallest absolute Gasteiger partial charge is 0.481 e. The third-order valence-corrected chi connectivity index (χ3v) is 2.68. The van der Waals surface area contributed by atoms with Gasteiger partial charge in [-0.05, 0) is 18.2 Å². The number of rotatable bonds is 3. The number of aromatic nitrogens is 2. The molecule has 0 bridgehead atoms. The van der Waals surface area contributed by atoms with Gasteiger partial charge in [-0.15, -0.1) is 0 Å². The normalized spacial score (nSPS) is 11.3. The predicted octanol–water partition coefficient (Wildman–Crippen LogP) is 0.851. The standard InChI is InChI=1S/C12H10BF3N2O3/c1-21-11-4-7(2-3-17-11)9-5-8(12(14,15)16)6-10(18-9)13(19)20/h2-6,19-20H,1H3. The highest BCUT2D eigenvalue weighted by molar-refractivity contribution is 6.57. The van der Waals surface area contributed by atoms with Crippen LogP contribution < -0.4 is 10.3 Å². The fraction of sp³-hybridized carbons (Fsp3) is 0.167. The van der Waals surface area contributed by atoms with Crippen LogP contribution >= 0.6 is 0 Å². The number of hydrogen-bond donors (Lipinski definition) is 2. The van der Waals surface area contributed by atoms with E-state index < -0.39 is 24.5 Å². The molecule has 0 saturated carbocycles. The number of hydrogen-bond acceptors (Lipinski definition) is 5. The van der Waals surface area contributed by atoms with Gasteiger partial charge in [0.1, 0.15) is 0 Å². The van der Waals surface area contributed by atoms with Crippen LogP contribution in [0.4, 0.5) is 13.2 Å². The zero-order valence-corrected chi connectivity index (χ0v) is 10.8. The van der Waals surface area contributed by atoms with Gasteiger partial charge in [-0.3, -0.25) is 4.98 Å². The van der Waals surface area contributed by atoms with Gasteiger partial charge in [0.15, 0.2) is 0 Å². The second-order valence-corrected chi connectivity index (χ2v) is 4.12. The van der Waals surface area contributed by atoms with E-state index in [9.17, 15) is 13.2 Å². The summed E-state index contributed by atoms with van der Waals surface area (Å²) < 4.78 is 43.4. The van der Waals surface area contributed by atoms with Crippen molar-refractivity contribution in [1.82, 2.24) is 9.97 Å². The van der Waals surface area contributed by atoms with Gasteiger partial charge in [0.25, 0.3) is 0 Å². The molecule has 0 radical (unpaired) electrons. The van der Waals surface area contributed by atoms with E-state index in [2.05, 4.69) is 9.97 Å². The molecule has 110 valence electrons. The quantitative estimate of drug-likeness (QED) is 0.822. The molecule has 0 aromatic carbocycles. The number of pyridine rings is 2. The van der Waals surface area contributed by atoms with Crippen molar-refractivity contribution < 1.29 is 28.0 Å². The number of nitrogens with zero attached hydrogens (tertiary/aromatic N) is 2. The molecule has 0 aliphatic heterocycles. The van der Waals surface area contributed by atoms with Crippen LogP contribution in [0.25, 0.3) is 11.3 Å². The Balaban J connectivity index is 2.59. The summed E-state index contributed by atoms with van der Waals surface area (Å²) in [5.74, 6) is 0.206. The molecule has 0 atom stereocenters. The molecule has 0 aliphatic carbocycles. The van der Waals surface area contributed by atoms with E-state index in [1.54, 1.807) is 0 Å². The Morgan fingerprint density at radius 3 is 2.48 bits per heavy atom. The molecule has 5 nitrogen and oxygen atoms in total. The molecule has 0 fully saturated rings. The number of alkyl halides is 3. The molecule has 2 aromatic heterocycles. The summed E-state index contributed by atoms with van der Waals surface area (Å²) in [4.78, 5) is 7.65. The first-order valence-corrected chi connectivity index (χ1v) is 5.77. The van der Waals surface area contributed by atoms with Crippen molar-refractivity contribution in [3.8, 4) is 17.1 Å². The Morgan fingerprint density at radius 2 is 1.90 bits per heavy atom. The number of methoxy groups -OCH3 is 1. The number of ether oxygens (including phenoxy) is 1. The van der Waals surface area contributed by atoms with Crippen LogP contribution in [0.2, 0.25) is 0 Å². The maximum absolute atomic E-state index is 12.8. The molecule has 0 aliphatic rings. The fourth-order valence-electron chi connectivity index (χ4n) is 1.68. The molecular weight excluding hydrogens is 288 g/mol. The first kappa shape index (κ1) is 15.3. The van der Waals surface area contributed by atoms with Gasteiger partial charge in [0.05, 0.1) is 24.0 Å². The van der Waals surface area contributed by atoms with Crippen LogP contribution in [-0.4, -0.2) is 34.2 Å². The monoisotopic (exact) mass is 298 g/mol. The lowest BCUT2D eigenvalue weighted by Gasteiger charge is -2.11. The van der Waals surface area contributed by atoms with Gasteiger partial charge >= 0.3 is 13.3 Å². The van der Waals surface area contributed by atoms with Crippen LogP contribution in [0.5, 0.6) is 5.88 Å². The molecule has 2 rings (SSSR count). The molecule has 2 N–H and O–H groups in total. The molecule has 2 heterocycles. The van der Waals surface area contributed by atoms with Gasteiger partial charge in [-0.1, -0.05) is 0 Å². The zero-order chi connectivity index (χ0) is 15.6. The molecular formula is C12H10BF3N2O3. The summed E-state index contributed by atoms with van der Waals surface area (Å²) in [6, 6.07) is 4.25. The molecule has 2 aromatic rings. The van der Waals surface area contributed by atoms with Gasteiger partial charge in [-0.2, -0.15) is 13.2 Å². The van der Waals surface area contributed by atoms with Gasteiger partial charge in [0.2, 0.25) is 5.88 Å². The average Bonchev–Trinajstić information content (AvgIpc) is 2.46. The Bertz CT molecular complexity index is 650. The zero-order valence-electron chi connectivity index (χ0n) is 10.8. The maximum atomic E-state index is 12.8. The van der Waals surface area contributed by atoms with Crippen LogP contribution in [0.3, 0.4) is 0 Å². The molecule has 0 saturated heterocycles. The van der Waals surface area contributed by atoms with Crippen molar-refractivity contribution in [1.29, 1.82) is 0 Å². The second-order valence-electron chi connectivity index (χ2n) is 4.12. The number of halogens is 3. The molecule has 0 amide bonds. The van der Waals surface area contributed by atoms with Crippen molar-refractivity contribution in [2.45, 2.75) is 6.18 Å². The van der Waals surface area contributed by atoms with E-state index in [0.717, 1.165) is 6.07 Å². The van der Waals surface area contributed by atoms with E-state index >= 15 is 0 Å². The first-order chi connectivity index (χ1) is 9.81. The first-order valence-electron chi connectivity index (χ1n) is 5.77. The van der Waals surface area contributed by atoms with Crippen molar-refractivity contribution in [2.24, 2.45) is 0 Å². The summed E-state index contributed by atoms with van der Waals surface area (Å²) >= 11 is 0. The Labute approximate surface area is 118 Å². The van der Waals surface area contributed by atoms with E-state index in [1.807, 2.05) is 0 Å². The average molecular weight is 298 g/mol. The molecule has 21 heavy (non-hydrogen) atoms. The minimum Gasteiger partial charge on any atom is -0.481 e. The minimum absolute atomic E-state index is 0.0615. The van der Waals surface area contributed by atoms with Crippen LogP contribution in [0.1, 0.15) is 5.56 Å². The Kier molecular flexibility index (Phi) is 4.15. The van der Waals surface area contributed by atoms with Crippen molar-refractivity contribution in [3.63, 3.8) is 0 Å². The highest BCUT2D eigenvalue weighted by atomic mass is 19.4. The lowest BCUT2D eigenvalue weighted by molar-refractivity contribution is -0.137. The molecule has 9 heteroatoms. The third-order valence-electron chi connectivity index (χ3n) is 2.68. The fourth-order valence-corrected chi connectivity index (χ4v) is 1.68. The van der Waals surface area contributed by atoms with Gasteiger partial charge in [-0.25, -0.2) is 4.98 Å². The van der Waals surface area contributed by atoms with E-state index in [4.69, 9.17) is 14.8 Å². The highest BCUT2D eigenvalue weighted by Crippen LogP contribution is 2.31. The van der Waals surface area contributed by atoms with E-state index in [1.165, 1.54) is 25.4 Å². The SMILES string of the molecule is COc1cc(-c2cc(C(F)(F)F)cc(B(O)O)n2)ccn1. The summed E-state index contributed by atoms with van der Waals surface area (Å²) in [6.45, 7) is 0. The lowest BCUT2D eigenvalue weighted by atomic mass is 9.84. The Hall–Kier alpha value is -2.13. The molecule has 0 spiro atoms. The van der Waals surface area contributed by atoms with E-state index in [-0.39, 0.29) is 11.6 Å². The Morgan fingerprint density at radius 1 is 1.19 bits per heavy atom. The van der Waals surface area contributed by atoms with Crippen LogP contribution in [-0.2, 0) is 6.18 Å².